The number of aromatic nitrogens is 2. The number of benzene rings is 2. The molecular formula is C18H5F8MnN3O2. The molecule has 0 amide bonds. The largest absolute Gasteiger partial charge is 0.493 e. The number of hydrogen-bond acceptors (Lipinski definition) is 4. The van der Waals surface area contributed by atoms with Crippen LogP contribution in [-0.2, 0) is 17.1 Å². The normalized spacial score (nSPS) is 10.6. The third-order valence-electron chi connectivity index (χ3n) is 4.17. The van der Waals surface area contributed by atoms with Gasteiger partial charge in [-0.25, -0.2) is 35.1 Å². The number of nitriles is 1. The Balaban J connectivity index is 0.00000363. The fraction of sp³-hybridized carbons (Fsp3) is 0.0556. The molecule has 1 aromatic heterocycles. The van der Waals surface area contributed by atoms with Crippen molar-refractivity contribution in [1.82, 2.24) is 9.78 Å². The molecule has 0 aliphatic heterocycles. The molecule has 1 N–H and O–H groups in total. The van der Waals surface area contributed by atoms with Gasteiger partial charge >= 0.3 is 0 Å². The predicted octanol–water partition coefficient (Wildman–Crippen LogP) is 4.10. The molecule has 0 spiro atoms. The molecule has 0 aliphatic carbocycles. The molecule has 0 atom stereocenters. The first-order valence-electron chi connectivity index (χ1n) is 7.86. The molecule has 2 aromatic carbocycles. The topological polar surface area (TPSA) is 78.9 Å². The molecule has 3 rings (SSSR count). The van der Waals surface area contributed by atoms with E-state index in [9.17, 15) is 45.0 Å². The Hall–Kier alpha value is -3.43. The number of carbonyl (C=O) groups is 1. The minimum Gasteiger partial charge on any atom is -0.493 e. The van der Waals surface area contributed by atoms with Crippen LogP contribution >= 0.6 is 0 Å². The summed E-state index contributed by atoms with van der Waals surface area (Å²) in [5.74, 6) is -20.5. The van der Waals surface area contributed by atoms with Gasteiger partial charge in [-0.15, -0.1) is 0 Å². The van der Waals surface area contributed by atoms with Crippen LogP contribution in [0.2, 0.25) is 0 Å². The average molecular weight is 502 g/mol. The van der Waals surface area contributed by atoms with E-state index in [0.29, 0.717) is 0 Å². The molecule has 0 fully saturated rings. The zero-order valence-corrected chi connectivity index (χ0v) is 16.4. The zero-order chi connectivity index (χ0) is 23.4. The maximum absolute atomic E-state index is 14.2. The van der Waals surface area contributed by atoms with Gasteiger partial charge in [-0.05, 0) is 13.0 Å². The van der Waals surface area contributed by atoms with Crippen molar-refractivity contribution < 1.29 is 62.1 Å². The van der Waals surface area contributed by atoms with Crippen molar-refractivity contribution >= 4 is 5.78 Å². The molecule has 0 bridgehead atoms. The van der Waals surface area contributed by atoms with Crippen LogP contribution in [0, 0.1) is 64.8 Å². The Morgan fingerprint density at radius 3 is 1.97 bits per heavy atom. The van der Waals surface area contributed by atoms with Crippen LogP contribution in [0.3, 0.4) is 0 Å². The summed E-state index contributed by atoms with van der Waals surface area (Å²) in [5.41, 5.74) is -6.37. The van der Waals surface area contributed by atoms with Crippen LogP contribution in [0.15, 0.2) is 6.07 Å². The second-order valence-corrected chi connectivity index (χ2v) is 5.96. The predicted molar refractivity (Wildman–Crippen MR) is 84.2 cm³/mol. The number of nitrogens with zero attached hydrogens (tertiary/aromatic N) is 3. The number of halogens is 8. The molecule has 1 heterocycles. The van der Waals surface area contributed by atoms with Gasteiger partial charge in [-0.2, -0.15) is 15.0 Å². The van der Waals surface area contributed by atoms with E-state index in [1.165, 1.54) is 0 Å². The summed E-state index contributed by atoms with van der Waals surface area (Å²) >= 11 is 0. The average Bonchev–Trinajstić information content (AvgIpc) is 3.01. The molecule has 1 radical (unpaired) electrons. The number of hydrogen-bond donors (Lipinski definition) is 1. The Bertz CT molecular complexity index is 1300. The van der Waals surface area contributed by atoms with Crippen LogP contribution in [0.5, 0.6) is 5.88 Å². The maximum Gasteiger partial charge on any atom is 0.226 e. The Labute approximate surface area is 183 Å². The molecule has 5 nitrogen and oxygen atoms in total. The van der Waals surface area contributed by atoms with Crippen molar-refractivity contribution in [3.05, 3.63) is 75.0 Å². The minimum atomic E-state index is -2.35. The molecule has 167 valence electrons. The Morgan fingerprint density at radius 2 is 1.47 bits per heavy atom. The van der Waals surface area contributed by atoms with Gasteiger partial charge in [0.05, 0.1) is 11.3 Å². The number of carbonyl (C=O) groups excluding carboxylic acids is 1. The standard InChI is InChI=1S/C18H5F8N3O2.Mn/c1-4-8(17(30)5-2-7(19)12(23)13(24)9(5)20)18(31)29(28-4)16-14(25)10(21)6(3-27)11(22)15(16)26;/h2,31H,1H3;. The Kier molecular flexibility index (Phi) is 6.68. The van der Waals surface area contributed by atoms with Gasteiger partial charge in [-0.3, -0.25) is 4.79 Å². The van der Waals surface area contributed by atoms with Crippen LogP contribution < -0.4 is 0 Å². The van der Waals surface area contributed by atoms with Crippen LogP contribution in [0.1, 0.15) is 27.2 Å². The van der Waals surface area contributed by atoms with E-state index >= 15 is 0 Å². The molecule has 0 aliphatic rings. The molecule has 32 heavy (non-hydrogen) atoms. The van der Waals surface area contributed by atoms with Crippen molar-refractivity contribution in [2.75, 3.05) is 0 Å². The smallest absolute Gasteiger partial charge is 0.226 e. The van der Waals surface area contributed by atoms with Crippen LogP contribution in [0.4, 0.5) is 35.1 Å². The number of aromatic hydroxyl groups is 1. The van der Waals surface area contributed by atoms with Gasteiger partial charge in [0.2, 0.25) is 11.7 Å². The van der Waals surface area contributed by atoms with Gasteiger partial charge < -0.3 is 5.11 Å². The van der Waals surface area contributed by atoms with Gasteiger partial charge in [0.15, 0.2) is 46.5 Å². The zero-order valence-electron chi connectivity index (χ0n) is 15.2. The summed E-state index contributed by atoms with van der Waals surface area (Å²) in [6.07, 6.45) is 0. The van der Waals surface area contributed by atoms with E-state index in [1.807, 2.05) is 0 Å². The van der Waals surface area contributed by atoms with Crippen molar-refractivity contribution in [2.24, 2.45) is 0 Å². The molecule has 0 saturated heterocycles. The first-order chi connectivity index (χ1) is 14.4. The van der Waals surface area contributed by atoms with Gasteiger partial charge in [0.25, 0.3) is 0 Å². The van der Waals surface area contributed by atoms with Gasteiger partial charge in [0.1, 0.15) is 22.9 Å². The fourth-order valence-corrected chi connectivity index (χ4v) is 2.71. The fourth-order valence-electron chi connectivity index (χ4n) is 2.71. The van der Waals surface area contributed by atoms with Crippen molar-refractivity contribution in [3.63, 3.8) is 0 Å². The Morgan fingerprint density at radius 1 is 0.938 bits per heavy atom. The van der Waals surface area contributed by atoms with E-state index in [4.69, 9.17) is 5.26 Å². The van der Waals surface area contributed by atoms with Gasteiger partial charge in [-0.1, -0.05) is 0 Å². The molecule has 0 saturated carbocycles. The van der Waals surface area contributed by atoms with E-state index in [0.717, 1.165) is 13.0 Å². The molecule has 0 unspecified atom stereocenters. The van der Waals surface area contributed by atoms with Crippen LogP contribution in [-0.4, -0.2) is 20.7 Å². The third-order valence-corrected chi connectivity index (χ3v) is 4.17. The summed E-state index contributed by atoms with van der Waals surface area (Å²) in [6.45, 7) is 0.920. The number of rotatable bonds is 3. The van der Waals surface area contributed by atoms with E-state index in [1.54, 1.807) is 0 Å². The van der Waals surface area contributed by atoms with E-state index < -0.39 is 86.3 Å². The maximum atomic E-state index is 14.2. The first-order valence-corrected chi connectivity index (χ1v) is 7.86. The van der Waals surface area contributed by atoms with Crippen molar-refractivity contribution in [2.45, 2.75) is 6.92 Å². The quantitative estimate of drug-likeness (QED) is 0.193. The van der Waals surface area contributed by atoms with E-state index in [2.05, 4.69) is 5.10 Å². The minimum absolute atomic E-state index is 0. The summed E-state index contributed by atoms with van der Waals surface area (Å²) in [7, 11) is 0. The molecule has 14 heteroatoms. The summed E-state index contributed by atoms with van der Waals surface area (Å²) in [6, 6.07) is 0.863. The second kappa shape index (κ2) is 8.60. The first kappa shape index (κ1) is 24.8. The summed E-state index contributed by atoms with van der Waals surface area (Å²) in [5, 5.41) is 22.1. The molecule has 3 aromatic rings. The monoisotopic (exact) mass is 502 g/mol. The number of ketones is 1. The van der Waals surface area contributed by atoms with E-state index in [-0.39, 0.29) is 27.8 Å². The summed E-state index contributed by atoms with van der Waals surface area (Å²) < 4.78 is 110. The van der Waals surface area contributed by atoms with Crippen molar-refractivity contribution in [1.29, 1.82) is 5.26 Å². The second-order valence-electron chi connectivity index (χ2n) is 5.96. The SMILES string of the molecule is Cc1nn(-c2c(F)c(F)c(C#N)c(F)c2F)c(O)c1C(=O)c1cc(F)c(F)c(F)c1F.[Mn]. The van der Waals surface area contributed by atoms with Crippen LogP contribution in [0.25, 0.3) is 5.69 Å². The number of aryl methyl sites for hydroxylation is 1. The molecular weight excluding hydrogens is 497 g/mol. The third kappa shape index (κ3) is 3.49. The summed E-state index contributed by atoms with van der Waals surface area (Å²) in [4.78, 5) is 12.5. The van der Waals surface area contributed by atoms with Crippen molar-refractivity contribution in [3.8, 4) is 17.6 Å². The van der Waals surface area contributed by atoms with Gasteiger partial charge in [0, 0.05) is 17.1 Å².